The van der Waals surface area contributed by atoms with Crippen molar-refractivity contribution in [1.29, 1.82) is 0 Å². The van der Waals surface area contributed by atoms with E-state index >= 15 is 0 Å². The lowest BCUT2D eigenvalue weighted by Gasteiger charge is -2.20. The molecule has 0 saturated heterocycles. The van der Waals surface area contributed by atoms with Crippen LogP contribution in [0.1, 0.15) is 11.6 Å². The van der Waals surface area contributed by atoms with Gasteiger partial charge in [0.25, 0.3) is 0 Å². The molecule has 0 bridgehead atoms. The maximum atomic E-state index is 12.2. The first-order valence-electron chi connectivity index (χ1n) is 5.94. The number of sulfonamides is 1. The van der Waals surface area contributed by atoms with E-state index in [1.807, 2.05) is 0 Å². The van der Waals surface area contributed by atoms with Crippen LogP contribution in [0.3, 0.4) is 0 Å². The third kappa shape index (κ3) is 3.90. The number of carbonyl (C=O) groups excluding carboxylic acids is 1. The van der Waals surface area contributed by atoms with Gasteiger partial charge in [0.05, 0.1) is 16.9 Å². The first kappa shape index (κ1) is 15.7. The number of carboxylic acid groups (broad SMARTS) is 1. The second kappa shape index (κ2) is 6.38. The lowest BCUT2D eigenvalue weighted by molar-refractivity contribution is -0.308. The Morgan fingerprint density at radius 1 is 1.05 bits per heavy atom. The number of carbonyl (C=O) groups is 1. The zero-order valence-corrected chi connectivity index (χ0v) is 13.1. The van der Waals surface area contributed by atoms with Crippen molar-refractivity contribution in [2.24, 2.45) is 0 Å². The number of halogens is 1. The Bertz CT molecular complexity index is 729. The van der Waals surface area contributed by atoms with Crippen LogP contribution in [0.5, 0.6) is 0 Å². The standard InChI is InChI=1S/C14H12BrNO4S/c15-11-8-6-10(7-9-11)13(14(17)18)16-21(19,20)12-4-2-1-3-5-12/h1-9,13,16H,(H,17,18)/p-1/t13-/m0/s1. The van der Waals surface area contributed by atoms with E-state index in [1.54, 1.807) is 30.3 Å². The average Bonchev–Trinajstić information content (AvgIpc) is 2.47. The van der Waals surface area contributed by atoms with Crippen LogP contribution in [0.2, 0.25) is 0 Å². The molecule has 0 heterocycles. The zero-order valence-electron chi connectivity index (χ0n) is 10.7. The number of hydrogen-bond acceptors (Lipinski definition) is 4. The van der Waals surface area contributed by atoms with E-state index in [4.69, 9.17) is 0 Å². The normalized spacial score (nSPS) is 12.8. The Kier molecular flexibility index (Phi) is 4.76. The van der Waals surface area contributed by atoms with Crippen LogP contribution in [0.15, 0.2) is 64.0 Å². The molecule has 5 nitrogen and oxygen atoms in total. The number of rotatable bonds is 5. The lowest BCUT2D eigenvalue weighted by atomic mass is 10.1. The summed E-state index contributed by atoms with van der Waals surface area (Å²) in [6.07, 6.45) is 0. The topological polar surface area (TPSA) is 86.3 Å². The van der Waals surface area contributed by atoms with Crippen molar-refractivity contribution in [3.63, 3.8) is 0 Å². The van der Waals surface area contributed by atoms with Gasteiger partial charge in [-0.25, -0.2) is 8.42 Å². The summed E-state index contributed by atoms with van der Waals surface area (Å²) in [5.74, 6) is -1.52. The largest absolute Gasteiger partial charge is 0.548 e. The van der Waals surface area contributed by atoms with Crippen molar-refractivity contribution in [2.75, 3.05) is 0 Å². The summed E-state index contributed by atoms with van der Waals surface area (Å²) in [5.41, 5.74) is 0.290. The van der Waals surface area contributed by atoms with Crippen molar-refractivity contribution in [2.45, 2.75) is 10.9 Å². The molecule has 0 unspecified atom stereocenters. The van der Waals surface area contributed by atoms with Crippen LogP contribution >= 0.6 is 15.9 Å². The molecule has 2 rings (SSSR count). The van der Waals surface area contributed by atoms with E-state index in [0.717, 1.165) is 4.47 Å². The molecule has 2 aromatic carbocycles. The van der Waals surface area contributed by atoms with Gasteiger partial charge in [0.1, 0.15) is 0 Å². The van der Waals surface area contributed by atoms with Crippen molar-refractivity contribution < 1.29 is 18.3 Å². The molecule has 1 N–H and O–H groups in total. The molecule has 0 amide bonds. The zero-order chi connectivity index (χ0) is 15.5. The SMILES string of the molecule is O=C([O-])[C@@H](NS(=O)(=O)c1ccccc1)c1ccc(Br)cc1. The fraction of sp³-hybridized carbons (Fsp3) is 0.0714. The molecule has 21 heavy (non-hydrogen) atoms. The molecule has 7 heteroatoms. The monoisotopic (exact) mass is 368 g/mol. The Balaban J connectivity index is 2.33. The Morgan fingerprint density at radius 2 is 1.62 bits per heavy atom. The van der Waals surface area contributed by atoms with E-state index in [2.05, 4.69) is 20.7 Å². The quantitative estimate of drug-likeness (QED) is 0.859. The maximum absolute atomic E-state index is 12.2. The van der Waals surface area contributed by atoms with E-state index in [1.165, 1.54) is 24.3 Å². The van der Waals surface area contributed by atoms with Gasteiger partial charge in [0.15, 0.2) is 0 Å². The Morgan fingerprint density at radius 3 is 2.14 bits per heavy atom. The van der Waals surface area contributed by atoms with E-state index in [9.17, 15) is 18.3 Å². The Labute approximate surface area is 130 Å². The molecule has 0 fully saturated rings. The summed E-state index contributed by atoms with van der Waals surface area (Å²) >= 11 is 3.23. The number of aliphatic carboxylic acids is 1. The van der Waals surface area contributed by atoms with Gasteiger partial charge in [-0.3, -0.25) is 0 Å². The summed E-state index contributed by atoms with van der Waals surface area (Å²) in [6.45, 7) is 0. The minimum atomic E-state index is -3.95. The molecule has 0 aliphatic carbocycles. The van der Waals surface area contributed by atoms with E-state index in [0.29, 0.717) is 0 Å². The van der Waals surface area contributed by atoms with Gasteiger partial charge < -0.3 is 9.90 Å². The molecular weight excluding hydrogens is 358 g/mol. The third-order valence-electron chi connectivity index (χ3n) is 2.77. The van der Waals surface area contributed by atoms with Crippen LogP contribution < -0.4 is 9.83 Å². The average molecular weight is 369 g/mol. The first-order valence-corrected chi connectivity index (χ1v) is 8.21. The van der Waals surface area contributed by atoms with Crippen molar-refractivity contribution in [3.05, 3.63) is 64.6 Å². The fourth-order valence-corrected chi connectivity index (χ4v) is 3.19. The van der Waals surface area contributed by atoms with Crippen molar-refractivity contribution in [3.8, 4) is 0 Å². The molecule has 0 spiro atoms. The lowest BCUT2D eigenvalue weighted by Crippen LogP contribution is -2.41. The summed E-state index contributed by atoms with van der Waals surface area (Å²) < 4.78 is 27.2. The van der Waals surface area contributed by atoms with Crippen LogP contribution in [-0.2, 0) is 14.8 Å². The number of nitrogens with one attached hydrogen (secondary N) is 1. The number of carboxylic acids is 1. The predicted molar refractivity (Wildman–Crippen MR) is 78.7 cm³/mol. The summed E-state index contributed by atoms with van der Waals surface area (Å²) in [5, 5.41) is 11.2. The molecule has 2 aromatic rings. The van der Waals surface area contributed by atoms with Gasteiger partial charge in [-0.15, -0.1) is 0 Å². The molecule has 0 aromatic heterocycles. The van der Waals surface area contributed by atoms with Crippen molar-refractivity contribution in [1.82, 2.24) is 4.72 Å². The van der Waals surface area contributed by atoms with Gasteiger partial charge in [-0.05, 0) is 29.8 Å². The number of benzene rings is 2. The first-order chi connectivity index (χ1) is 9.90. The predicted octanol–water partition coefficient (Wildman–Crippen LogP) is 1.22. The Hall–Kier alpha value is -1.70. The molecule has 0 aliphatic heterocycles. The molecule has 0 saturated carbocycles. The number of hydrogen-bond donors (Lipinski definition) is 1. The second-order valence-electron chi connectivity index (χ2n) is 4.24. The highest BCUT2D eigenvalue weighted by Crippen LogP contribution is 2.19. The minimum absolute atomic E-state index is 0.00615. The van der Waals surface area contributed by atoms with E-state index in [-0.39, 0.29) is 10.5 Å². The highest BCUT2D eigenvalue weighted by atomic mass is 79.9. The van der Waals surface area contributed by atoms with Gasteiger partial charge in [0, 0.05) is 4.47 Å². The molecule has 0 radical (unpaired) electrons. The van der Waals surface area contributed by atoms with Gasteiger partial charge in [-0.2, -0.15) is 4.72 Å². The fourth-order valence-electron chi connectivity index (χ4n) is 1.73. The molecule has 110 valence electrons. The molecule has 0 aliphatic rings. The second-order valence-corrected chi connectivity index (χ2v) is 6.87. The van der Waals surface area contributed by atoms with Crippen molar-refractivity contribution >= 4 is 31.9 Å². The summed E-state index contributed by atoms with van der Waals surface area (Å²) in [6, 6.07) is 12.4. The molecular formula is C14H11BrNO4S-. The van der Waals surface area contributed by atoms with Crippen LogP contribution in [-0.4, -0.2) is 14.4 Å². The van der Waals surface area contributed by atoms with Gasteiger partial charge >= 0.3 is 0 Å². The van der Waals surface area contributed by atoms with E-state index < -0.39 is 22.0 Å². The van der Waals surface area contributed by atoms with Crippen LogP contribution in [0.4, 0.5) is 0 Å². The third-order valence-corrected chi connectivity index (χ3v) is 4.73. The summed E-state index contributed by atoms with van der Waals surface area (Å²) in [4.78, 5) is 11.2. The van der Waals surface area contributed by atoms with Crippen LogP contribution in [0, 0.1) is 0 Å². The smallest absolute Gasteiger partial charge is 0.241 e. The molecule has 1 atom stereocenters. The van der Waals surface area contributed by atoms with Crippen LogP contribution in [0.25, 0.3) is 0 Å². The minimum Gasteiger partial charge on any atom is -0.548 e. The maximum Gasteiger partial charge on any atom is 0.241 e. The van der Waals surface area contributed by atoms with Gasteiger partial charge in [-0.1, -0.05) is 46.3 Å². The highest BCUT2D eigenvalue weighted by molar-refractivity contribution is 9.10. The highest BCUT2D eigenvalue weighted by Gasteiger charge is 2.22. The van der Waals surface area contributed by atoms with Gasteiger partial charge in [0.2, 0.25) is 10.0 Å². The summed E-state index contributed by atoms with van der Waals surface area (Å²) in [7, 11) is -3.95.